The minimum atomic E-state index is -0.663. The number of likely N-dealkylation sites (tertiary alicyclic amines) is 1. The van der Waals surface area contributed by atoms with Gasteiger partial charge in [-0.2, -0.15) is 0 Å². The first-order valence-electron chi connectivity index (χ1n) is 8.75. The molecule has 1 saturated carbocycles. The molecule has 0 radical (unpaired) electrons. The average molecular weight is 357 g/mol. The molecule has 8 heteroatoms. The second-order valence-corrected chi connectivity index (χ2v) is 6.85. The number of amides is 2. The molecular formula is C18H20FN5O2. The average Bonchev–Trinajstić information content (AvgIpc) is 3.37. The Morgan fingerprint density at radius 1 is 1.31 bits per heavy atom. The summed E-state index contributed by atoms with van der Waals surface area (Å²) >= 11 is 0. The molecule has 0 aromatic carbocycles. The monoisotopic (exact) mass is 357 g/mol. The van der Waals surface area contributed by atoms with Crippen LogP contribution in [0.4, 0.5) is 4.39 Å². The summed E-state index contributed by atoms with van der Waals surface area (Å²) < 4.78 is 15.8. The number of hydrogen-bond acceptors (Lipinski definition) is 4. The minimum Gasteiger partial charge on any atom is -0.347 e. The van der Waals surface area contributed by atoms with Crippen molar-refractivity contribution in [2.75, 3.05) is 0 Å². The highest BCUT2D eigenvalue weighted by Crippen LogP contribution is 2.40. The number of aromatic nitrogens is 3. The zero-order valence-corrected chi connectivity index (χ0v) is 14.4. The maximum absolute atomic E-state index is 13.9. The Morgan fingerprint density at radius 3 is 2.77 bits per heavy atom. The van der Waals surface area contributed by atoms with Gasteiger partial charge >= 0.3 is 0 Å². The van der Waals surface area contributed by atoms with Gasteiger partial charge in [0.2, 0.25) is 5.91 Å². The normalized spacial score (nSPS) is 23.2. The zero-order valence-electron chi connectivity index (χ0n) is 14.4. The van der Waals surface area contributed by atoms with Crippen LogP contribution in [0.15, 0.2) is 30.9 Å². The van der Waals surface area contributed by atoms with Crippen LogP contribution in [0.25, 0.3) is 0 Å². The van der Waals surface area contributed by atoms with Gasteiger partial charge in [0.05, 0.1) is 17.8 Å². The Morgan fingerprint density at radius 2 is 2.12 bits per heavy atom. The van der Waals surface area contributed by atoms with Gasteiger partial charge in [-0.05, 0) is 25.3 Å². The van der Waals surface area contributed by atoms with E-state index in [-0.39, 0.29) is 29.6 Å². The van der Waals surface area contributed by atoms with Gasteiger partial charge < -0.3 is 14.8 Å². The number of nitrogens with zero attached hydrogens (tertiary/aromatic N) is 4. The number of aryl methyl sites for hydroxylation is 1. The van der Waals surface area contributed by atoms with Crippen LogP contribution in [-0.4, -0.2) is 43.3 Å². The number of nitrogens with one attached hydrogen (secondary N) is 1. The molecule has 0 unspecified atom stereocenters. The van der Waals surface area contributed by atoms with Crippen LogP contribution in [-0.2, 0) is 11.8 Å². The van der Waals surface area contributed by atoms with Gasteiger partial charge in [-0.15, -0.1) is 0 Å². The number of carbonyl (C=O) groups is 2. The fourth-order valence-electron chi connectivity index (χ4n) is 3.62. The predicted molar refractivity (Wildman–Crippen MR) is 90.5 cm³/mol. The van der Waals surface area contributed by atoms with E-state index in [1.54, 1.807) is 6.20 Å². The maximum atomic E-state index is 13.9. The Bertz CT molecular complexity index is 848. The lowest BCUT2D eigenvalue weighted by molar-refractivity contribution is -0.138. The first-order valence-corrected chi connectivity index (χ1v) is 8.75. The van der Waals surface area contributed by atoms with Crippen molar-refractivity contribution in [1.82, 2.24) is 24.8 Å². The Labute approximate surface area is 150 Å². The topological polar surface area (TPSA) is 80.1 Å². The SMILES string of the molecule is Cn1ccnc1[C@H]1[C@H](NC(=O)c2ccncc2F)CCC(=O)N1C1CC1. The van der Waals surface area contributed by atoms with Crippen LogP contribution < -0.4 is 5.32 Å². The number of hydrogen-bond donors (Lipinski definition) is 1. The summed E-state index contributed by atoms with van der Waals surface area (Å²) in [4.78, 5) is 35.1. The highest BCUT2D eigenvalue weighted by Gasteiger charge is 2.46. The molecule has 136 valence electrons. The lowest BCUT2D eigenvalue weighted by Crippen LogP contribution is -2.53. The van der Waals surface area contributed by atoms with E-state index in [4.69, 9.17) is 0 Å². The number of rotatable bonds is 4. The third-order valence-electron chi connectivity index (χ3n) is 5.03. The number of halogens is 1. The smallest absolute Gasteiger partial charge is 0.254 e. The van der Waals surface area contributed by atoms with E-state index in [1.165, 1.54) is 12.3 Å². The molecular weight excluding hydrogens is 337 g/mol. The van der Waals surface area contributed by atoms with Gasteiger partial charge in [0.15, 0.2) is 5.82 Å². The van der Waals surface area contributed by atoms with Gasteiger partial charge in [0, 0.05) is 38.1 Å². The molecule has 0 spiro atoms. The van der Waals surface area contributed by atoms with Gasteiger partial charge in [-0.25, -0.2) is 9.37 Å². The van der Waals surface area contributed by atoms with E-state index in [0.717, 1.165) is 24.9 Å². The number of pyridine rings is 1. The van der Waals surface area contributed by atoms with Crippen molar-refractivity contribution < 1.29 is 14.0 Å². The largest absolute Gasteiger partial charge is 0.347 e. The summed E-state index contributed by atoms with van der Waals surface area (Å²) in [6, 6.07) is 0.876. The van der Waals surface area contributed by atoms with Crippen LogP contribution in [0.3, 0.4) is 0 Å². The second-order valence-electron chi connectivity index (χ2n) is 6.85. The Balaban J connectivity index is 1.65. The zero-order chi connectivity index (χ0) is 18.3. The molecule has 1 N–H and O–H groups in total. The molecule has 2 aromatic heterocycles. The van der Waals surface area contributed by atoms with Crippen LogP contribution in [0, 0.1) is 5.82 Å². The van der Waals surface area contributed by atoms with Crippen LogP contribution in [0.2, 0.25) is 0 Å². The fourth-order valence-corrected chi connectivity index (χ4v) is 3.62. The highest BCUT2D eigenvalue weighted by molar-refractivity contribution is 5.94. The van der Waals surface area contributed by atoms with Gasteiger partial charge in [0.1, 0.15) is 11.9 Å². The van der Waals surface area contributed by atoms with E-state index in [9.17, 15) is 14.0 Å². The van der Waals surface area contributed by atoms with Crippen molar-refractivity contribution in [2.45, 2.75) is 43.8 Å². The highest BCUT2D eigenvalue weighted by atomic mass is 19.1. The van der Waals surface area contributed by atoms with Gasteiger partial charge in [-0.3, -0.25) is 14.6 Å². The fraction of sp³-hybridized carbons (Fsp3) is 0.444. The van der Waals surface area contributed by atoms with Gasteiger partial charge in [0.25, 0.3) is 5.91 Å². The summed E-state index contributed by atoms with van der Waals surface area (Å²) in [6.45, 7) is 0. The molecule has 1 saturated heterocycles. The summed E-state index contributed by atoms with van der Waals surface area (Å²) in [5, 5.41) is 2.92. The molecule has 2 amide bonds. The van der Waals surface area contributed by atoms with Crippen molar-refractivity contribution >= 4 is 11.8 Å². The predicted octanol–water partition coefficient (Wildman–Crippen LogP) is 1.58. The second kappa shape index (κ2) is 6.51. The summed E-state index contributed by atoms with van der Waals surface area (Å²) in [5.41, 5.74) is -0.0477. The number of piperidine rings is 1. The van der Waals surface area contributed by atoms with Crippen LogP contribution >= 0.6 is 0 Å². The van der Waals surface area contributed by atoms with Crippen LogP contribution in [0.1, 0.15) is 47.9 Å². The van der Waals surface area contributed by atoms with Crippen molar-refractivity contribution in [1.29, 1.82) is 0 Å². The molecule has 2 aliphatic rings. The Kier molecular flexibility index (Phi) is 4.18. The quantitative estimate of drug-likeness (QED) is 0.901. The number of imidazole rings is 1. The summed E-state index contributed by atoms with van der Waals surface area (Å²) in [7, 11) is 1.87. The molecule has 2 fully saturated rings. The van der Waals surface area contributed by atoms with E-state index in [1.807, 2.05) is 22.7 Å². The van der Waals surface area contributed by atoms with E-state index in [2.05, 4.69) is 15.3 Å². The minimum absolute atomic E-state index is 0.0477. The molecule has 1 aliphatic heterocycles. The molecule has 2 aromatic rings. The number of carbonyl (C=O) groups excluding carboxylic acids is 2. The molecule has 7 nitrogen and oxygen atoms in total. The molecule has 26 heavy (non-hydrogen) atoms. The molecule has 4 rings (SSSR count). The third-order valence-corrected chi connectivity index (χ3v) is 5.03. The summed E-state index contributed by atoms with van der Waals surface area (Å²) in [5.74, 6) is -0.352. The van der Waals surface area contributed by atoms with Crippen molar-refractivity contribution in [3.63, 3.8) is 0 Å². The van der Waals surface area contributed by atoms with Crippen molar-refractivity contribution in [3.8, 4) is 0 Å². The van der Waals surface area contributed by atoms with Crippen molar-refractivity contribution in [2.24, 2.45) is 7.05 Å². The molecule has 3 heterocycles. The standard InChI is InChI=1S/C18H20FN5O2/c1-23-9-8-21-17(23)16-14(4-5-15(25)24(16)11-2-3-11)22-18(26)12-6-7-20-10-13(12)19/h6-11,14,16H,2-5H2,1H3,(H,22,26)/t14-,16-/m1/s1. The summed E-state index contributed by atoms with van der Waals surface area (Å²) in [6.07, 6.45) is 8.70. The Hall–Kier alpha value is -2.77. The van der Waals surface area contributed by atoms with E-state index < -0.39 is 11.7 Å². The third kappa shape index (κ3) is 2.95. The lowest BCUT2D eigenvalue weighted by atomic mass is 9.94. The first-order chi connectivity index (χ1) is 12.6. The molecule has 2 atom stereocenters. The first kappa shape index (κ1) is 16.7. The van der Waals surface area contributed by atoms with Crippen LogP contribution in [0.5, 0.6) is 0 Å². The lowest BCUT2D eigenvalue weighted by Gasteiger charge is -2.41. The van der Waals surface area contributed by atoms with E-state index >= 15 is 0 Å². The van der Waals surface area contributed by atoms with E-state index in [0.29, 0.717) is 12.8 Å². The van der Waals surface area contributed by atoms with Gasteiger partial charge in [-0.1, -0.05) is 0 Å². The molecule has 1 aliphatic carbocycles. The van der Waals surface area contributed by atoms with Crippen molar-refractivity contribution in [3.05, 3.63) is 48.1 Å². The maximum Gasteiger partial charge on any atom is 0.254 e. The molecule has 0 bridgehead atoms.